The number of rotatable bonds is 5. The quantitative estimate of drug-likeness (QED) is 0.672. The highest BCUT2D eigenvalue weighted by atomic mass is 32.1. The number of hydrogen-bond donors (Lipinski definition) is 0. The minimum atomic E-state index is 0.503. The molecule has 1 saturated heterocycles. The van der Waals surface area contributed by atoms with Gasteiger partial charge in [0.05, 0.1) is 17.7 Å². The van der Waals surface area contributed by atoms with Gasteiger partial charge in [0.25, 0.3) is 0 Å². The number of imidazole rings is 1. The SMILES string of the molecule is Cc1ccc(CN2CCCC(c3nccn3Cc3cscn3)C2)c(C)c1. The van der Waals surface area contributed by atoms with E-state index in [9.17, 15) is 0 Å². The third kappa shape index (κ3) is 3.89. The summed E-state index contributed by atoms with van der Waals surface area (Å²) in [6.07, 6.45) is 6.49. The molecule has 5 heteroatoms. The van der Waals surface area contributed by atoms with E-state index < -0.39 is 0 Å². The second kappa shape index (κ2) is 7.72. The van der Waals surface area contributed by atoms with E-state index in [-0.39, 0.29) is 0 Å². The molecule has 1 fully saturated rings. The molecule has 1 aromatic carbocycles. The van der Waals surface area contributed by atoms with Crippen LogP contribution in [-0.4, -0.2) is 32.5 Å². The standard InChI is InChI=1S/C21H26N4S/c1-16-5-6-18(17(2)10-16)11-24-8-3-4-19(12-24)21-22-7-9-25(21)13-20-14-26-15-23-20/h5-7,9-10,14-15,19H,3-4,8,11-13H2,1-2H3. The second-order valence-electron chi connectivity index (χ2n) is 7.40. The third-order valence-corrected chi connectivity index (χ3v) is 5.96. The van der Waals surface area contributed by atoms with E-state index in [0.29, 0.717) is 5.92 Å². The summed E-state index contributed by atoms with van der Waals surface area (Å²) in [5.74, 6) is 1.71. The predicted molar refractivity (Wildman–Crippen MR) is 107 cm³/mol. The molecule has 2 aromatic heterocycles. The summed E-state index contributed by atoms with van der Waals surface area (Å²) in [5, 5.41) is 2.12. The van der Waals surface area contributed by atoms with Gasteiger partial charge in [-0.05, 0) is 44.4 Å². The van der Waals surface area contributed by atoms with Crippen LogP contribution in [-0.2, 0) is 13.1 Å². The van der Waals surface area contributed by atoms with Crippen molar-refractivity contribution in [3.05, 3.63) is 69.7 Å². The molecule has 0 spiro atoms. The van der Waals surface area contributed by atoms with Gasteiger partial charge in [-0.2, -0.15) is 0 Å². The van der Waals surface area contributed by atoms with Gasteiger partial charge in [0.1, 0.15) is 5.82 Å². The van der Waals surface area contributed by atoms with Gasteiger partial charge >= 0.3 is 0 Å². The zero-order valence-corrected chi connectivity index (χ0v) is 16.4. The van der Waals surface area contributed by atoms with Crippen molar-refractivity contribution in [2.75, 3.05) is 13.1 Å². The average molecular weight is 367 g/mol. The van der Waals surface area contributed by atoms with Crippen LogP contribution in [0.25, 0.3) is 0 Å². The molecule has 0 N–H and O–H groups in total. The Morgan fingerprint density at radius 3 is 2.92 bits per heavy atom. The zero-order valence-electron chi connectivity index (χ0n) is 15.6. The van der Waals surface area contributed by atoms with Crippen LogP contribution in [0.3, 0.4) is 0 Å². The Kier molecular flexibility index (Phi) is 5.18. The highest BCUT2D eigenvalue weighted by Gasteiger charge is 2.25. The fraction of sp³-hybridized carbons (Fsp3) is 0.429. The Morgan fingerprint density at radius 1 is 1.19 bits per heavy atom. The van der Waals surface area contributed by atoms with Crippen LogP contribution < -0.4 is 0 Å². The van der Waals surface area contributed by atoms with Crippen molar-refractivity contribution in [2.24, 2.45) is 0 Å². The van der Waals surface area contributed by atoms with Crippen LogP contribution in [0.2, 0.25) is 0 Å². The molecule has 4 nitrogen and oxygen atoms in total. The molecule has 0 saturated carbocycles. The average Bonchev–Trinajstić information content (AvgIpc) is 3.30. The summed E-state index contributed by atoms with van der Waals surface area (Å²) in [7, 11) is 0. The molecule has 3 aromatic rings. The molecule has 0 bridgehead atoms. The molecular formula is C21H26N4S. The normalized spacial score (nSPS) is 18.3. The lowest BCUT2D eigenvalue weighted by Gasteiger charge is -2.33. The number of hydrogen-bond acceptors (Lipinski definition) is 4. The minimum absolute atomic E-state index is 0.503. The van der Waals surface area contributed by atoms with Crippen molar-refractivity contribution in [1.82, 2.24) is 19.4 Å². The molecule has 0 aliphatic carbocycles. The Bertz CT molecular complexity index is 853. The summed E-state index contributed by atoms with van der Waals surface area (Å²) in [6.45, 7) is 8.51. The highest BCUT2D eigenvalue weighted by molar-refractivity contribution is 7.07. The lowest BCUT2D eigenvalue weighted by atomic mass is 9.96. The summed E-state index contributed by atoms with van der Waals surface area (Å²) in [6, 6.07) is 6.80. The van der Waals surface area contributed by atoms with Crippen LogP contribution in [0, 0.1) is 13.8 Å². The maximum absolute atomic E-state index is 4.70. The van der Waals surface area contributed by atoms with Gasteiger partial charge in [0, 0.05) is 36.8 Å². The fourth-order valence-electron chi connectivity index (χ4n) is 3.98. The van der Waals surface area contributed by atoms with Crippen LogP contribution in [0.4, 0.5) is 0 Å². The van der Waals surface area contributed by atoms with Gasteiger partial charge in [-0.3, -0.25) is 4.90 Å². The second-order valence-corrected chi connectivity index (χ2v) is 8.12. The van der Waals surface area contributed by atoms with Gasteiger partial charge < -0.3 is 4.57 Å². The number of benzene rings is 1. The van der Waals surface area contributed by atoms with E-state index in [0.717, 1.165) is 25.3 Å². The molecule has 26 heavy (non-hydrogen) atoms. The predicted octanol–water partition coefficient (Wildman–Crippen LogP) is 4.38. The molecule has 1 atom stereocenters. The van der Waals surface area contributed by atoms with Crippen molar-refractivity contribution < 1.29 is 0 Å². The summed E-state index contributed by atoms with van der Waals surface area (Å²) in [4.78, 5) is 11.7. The molecule has 3 heterocycles. The summed E-state index contributed by atoms with van der Waals surface area (Å²) in [5.41, 5.74) is 7.21. The lowest BCUT2D eigenvalue weighted by molar-refractivity contribution is 0.194. The fourth-order valence-corrected chi connectivity index (χ4v) is 4.53. The van der Waals surface area contributed by atoms with E-state index in [1.54, 1.807) is 11.3 Å². The first kappa shape index (κ1) is 17.4. The monoisotopic (exact) mass is 366 g/mol. The zero-order chi connectivity index (χ0) is 17.9. The third-order valence-electron chi connectivity index (χ3n) is 5.33. The van der Waals surface area contributed by atoms with E-state index in [1.165, 1.54) is 41.9 Å². The van der Waals surface area contributed by atoms with Crippen molar-refractivity contribution in [3.63, 3.8) is 0 Å². The first-order chi connectivity index (χ1) is 12.7. The maximum Gasteiger partial charge on any atom is 0.113 e. The van der Waals surface area contributed by atoms with Gasteiger partial charge in [-0.1, -0.05) is 23.8 Å². The molecule has 1 aliphatic heterocycles. The molecule has 1 aliphatic rings. The van der Waals surface area contributed by atoms with E-state index in [4.69, 9.17) is 4.98 Å². The van der Waals surface area contributed by atoms with Crippen LogP contribution >= 0.6 is 11.3 Å². The number of aryl methyl sites for hydroxylation is 2. The van der Waals surface area contributed by atoms with Crippen LogP contribution in [0.15, 0.2) is 41.5 Å². The van der Waals surface area contributed by atoms with Gasteiger partial charge in [-0.25, -0.2) is 9.97 Å². The number of thiazole rings is 1. The van der Waals surface area contributed by atoms with Gasteiger partial charge in [0.15, 0.2) is 0 Å². The minimum Gasteiger partial charge on any atom is -0.329 e. The smallest absolute Gasteiger partial charge is 0.113 e. The Hall–Kier alpha value is -1.98. The van der Waals surface area contributed by atoms with Crippen LogP contribution in [0.5, 0.6) is 0 Å². The molecule has 136 valence electrons. The Labute approximate surface area is 159 Å². The Morgan fingerprint density at radius 2 is 2.12 bits per heavy atom. The molecule has 4 rings (SSSR count). The first-order valence-electron chi connectivity index (χ1n) is 9.35. The summed E-state index contributed by atoms with van der Waals surface area (Å²) < 4.78 is 2.28. The van der Waals surface area contributed by atoms with Crippen molar-refractivity contribution in [2.45, 2.75) is 45.7 Å². The summed E-state index contributed by atoms with van der Waals surface area (Å²) >= 11 is 1.65. The number of piperidine rings is 1. The van der Waals surface area contributed by atoms with Gasteiger partial charge in [-0.15, -0.1) is 11.3 Å². The first-order valence-corrected chi connectivity index (χ1v) is 10.3. The van der Waals surface area contributed by atoms with Crippen molar-refractivity contribution >= 4 is 11.3 Å². The van der Waals surface area contributed by atoms with Crippen LogP contribution in [0.1, 0.15) is 47.0 Å². The topological polar surface area (TPSA) is 34.0 Å². The largest absolute Gasteiger partial charge is 0.329 e. The molecule has 1 unspecified atom stereocenters. The lowest BCUT2D eigenvalue weighted by Crippen LogP contribution is -2.35. The van der Waals surface area contributed by atoms with E-state index in [1.807, 2.05) is 11.7 Å². The molecular weight excluding hydrogens is 340 g/mol. The molecule has 0 radical (unpaired) electrons. The van der Waals surface area contributed by atoms with E-state index in [2.05, 4.69) is 58.1 Å². The van der Waals surface area contributed by atoms with Gasteiger partial charge in [0.2, 0.25) is 0 Å². The van der Waals surface area contributed by atoms with Crippen molar-refractivity contribution in [1.29, 1.82) is 0 Å². The van der Waals surface area contributed by atoms with E-state index >= 15 is 0 Å². The number of aromatic nitrogens is 3. The Balaban J connectivity index is 1.46. The maximum atomic E-state index is 4.70. The van der Waals surface area contributed by atoms with Crippen molar-refractivity contribution in [3.8, 4) is 0 Å². The highest BCUT2D eigenvalue weighted by Crippen LogP contribution is 2.27. The number of nitrogens with zero attached hydrogens (tertiary/aromatic N) is 4. The molecule has 0 amide bonds. The number of likely N-dealkylation sites (tertiary alicyclic amines) is 1.